The lowest BCUT2D eigenvalue weighted by atomic mass is 10.1. The average Bonchev–Trinajstić information content (AvgIpc) is 3.30. The predicted molar refractivity (Wildman–Crippen MR) is 115 cm³/mol. The minimum atomic E-state index is 0.173. The lowest BCUT2D eigenvalue weighted by molar-refractivity contribution is 0.215. The van der Waals surface area contributed by atoms with Gasteiger partial charge in [0.2, 0.25) is 0 Å². The van der Waals surface area contributed by atoms with Crippen LogP contribution in [-0.4, -0.2) is 32.1 Å². The molecule has 1 saturated heterocycles. The van der Waals surface area contributed by atoms with E-state index in [1.165, 1.54) is 23.2 Å². The Bertz CT molecular complexity index is 935. The second-order valence-corrected chi connectivity index (χ2v) is 8.11. The predicted octanol–water partition coefficient (Wildman–Crippen LogP) is 4.76. The van der Waals surface area contributed by atoms with Gasteiger partial charge in [0.15, 0.2) is 0 Å². The number of nitrogens with zero attached hydrogens (tertiary/aromatic N) is 4. The van der Waals surface area contributed by atoms with Crippen molar-refractivity contribution in [2.24, 2.45) is 0 Å². The first-order valence-electron chi connectivity index (χ1n) is 10.5. The number of para-hydroxylation sites is 1. The van der Waals surface area contributed by atoms with E-state index in [1.807, 2.05) is 30.7 Å². The van der Waals surface area contributed by atoms with Crippen molar-refractivity contribution in [3.8, 4) is 5.75 Å². The summed E-state index contributed by atoms with van der Waals surface area (Å²) < 4.78 is 8.39. The van der Waals surface area contributed by atoms with E-state index in [2.05, 4.69) is 59.5 Å². The van der Waals surface area contributed by atoms with Gasteiger partial charge in [-0.1, -0.05) is 24.3 Å². The van der Waals surface area contributed by atoms with Gasteiger partial charge in [-0.05, 0) is 57.9 Å². The number of rotatable bonds is 7. The normalized spacial score (nSPS) is 17.2. The van der Waals surface area contributed by atoms with Crippen LogP contribution in [0, 0.1) is 6.92 Å². The quantitative estimate of drug-likeness (QED) is 0.583. The molecule has 0 aliphatic carbocycles. The Hall–Kier alpha value is -2.66. The van der Waals surface area contributed by atoms with E-state index in [9.17, 15) is 0 Å². The maximum Gasteiger partial charge on any atom is 0.126 e. The molecule has 0 saturated carbocycles. The molecular formula is C24H30N4O. The second-order valence-electron chi connectivity index (χ2n) is 8.11. The largest absolute Gasteiger partial charge is 0.491 e. The van der Waals surface area contributed by atoms with Gasteiger partial charge in [0.25, 0.3) is 0 Å². The highest BCUT2D eigenvalue weighted by molar-refractivity contribution is 5.33. The molecule has 2 aromatic heterocycles. The maximum atomic E-state index is 6.05. The smallest absolute Gasteiger partial charge is 0.126 e. The van der Waals surface area contributed by atoms with Crippen LogP contribution in [0.1, 0.15) is 55.4 Å². The highest BCUT2D eigenvalue weighted by Gasteiger charge is 2.30. The van der Waals surface area contributed by atoms with Crippen LogP contribution in [-0.2, 0) is 13.1 Å². The molecular weight excluding hydrogens is 360 g/mol. The first-order chi connectivity index (χ1) is 14.1. The van der Waals surface area contributed by atoms with Gasteiger partial charge in [-0.3, -0.25) is 9.88 Å². The number of aryl methyl sites for hydroxylation is 1. The van der Waals surface area contributed by atoms with Gasteiger partial charge in [-0.2, -0.15) is 0 Å². The molecule has 1 unspecified atom stereocenters. The summed E-state index contributed by atoms with van der Waals surface area (Å²) in [4.78, 5) is 11.6. The number of pyridine rings is 1. The maximum absolute atomic E-state index is 6.05. The van der Waals surface area contributed by atoms with Crippen LogP contribution in [0.15, 0.2) is 55.0 Å². The zero-order valence-corrected chi connectivity index (χ0v) is 17.6. The molecule has 5 heteroatoms. The Morgan fingerprint density at radius 2 is 1.97 bits per heavy atom. The van der Waals surface area contributed by atoms with Gasteiger partial charge < -0.3 is 9.30 Å². The number of aromatic nitrogens is 3. The fraction of sp³-hybridized carbons (Fsp3) is 0.417. The van der Waals surface area contributed by atoms with E-state index in [-0.39, 0.29) is 6.10 Å². The SMILES string of the molecule is Cc1cnc(C2CCCN2Cc2ccccc2OC(C)C)n1Cc1cccnc1. The molecule has 152 valence electrons. The summed E-state index contributed by atoms with van der Waals surface area (Å²) in [6.07, 6.45) is 8.26. The summed E-state index contributed by atoms with van der Waals surface area (Å²) in [5, 5.41) is 0. The van der Waals surface area contributed by atoms with E-state index in [4.69, 9.17) is 9.72 Å². The van der Waals surface area contributed by atoms with Gasteiger partial charge >= 0.3 is 0 Å². The number of benzene rings is 1. The summed E-state index contributed by atoms with van der Waals surface area (Å²) >= 11 is 0. The first-order valence-corrected chi connectivity index (χ1v) is 10.5. The minimum absolute atomic E-state index is 0.173. The Kier molecular flexibility index (Phi) is 5.95. The van der Waals surface area contributed by atoms with Crippen molar-refractivity contribution in [2.45, 2.75) is 58.8 Å². The van der Waals surface area contributed by atoms with Crippen molar-refractivity contribution in [3.63, 3.8) is 0 Å². The minimum Gasteiger partial charge on any atom is -0.491 e. The summed E-state index contributed by atoms with van der Waals surface area (Å²) in [5.41, 5.74) is 3.64. The van der Waals surface area contributed by atoms with Crippen LogP contribution < -0.4 is 4.74 Å². The van der Waals surface area contributed by atoms with E-state index >= 15 is 0 Å². The topological polar surface area (TPSA) is 43.2 Å². The third-order valence-electron chi connectivity index (χ3n) is 5.52. The zero-order chi connectivity index (χ0) is 20.2. The zero-order valence-electron chi connectivity index (χ0n) is 17.6. The Morgan fingerprint density at radius 3 is 2.76 bits per heavy atom. The van der Waals surface area contributed by atoms with Crippen LogP contribution in [0.4, 0.5) is 0 Å². The summed E-state index contributed by atoms with van der Waals surface area (Å²) in [7, 11) is 0. The number of likely N-dealkylation sites (tertiary alicyclic amines) is 1. The fourth-order valence-electron chi connectivity index (χ4n) is 4.16. The van der Waals surface area contributed by atoms with Gasteiger partial charge in [-0.15, -0.1) is 0 Å². The molecule has 0 amide bonds. The lowest BCUT2D eigenvalue weighted by Crippen LogP contribution is -2.26. The third kappa shape index (κ3) is 4.51. The molecule has 1 aliphatic rings. The van der Waals surface area contributed by atoms with Crippen LogP contribution in [0.5, 0.6) is 5.75 Å². The molecule has 1 fully saturated rings. The molecule has 29 heavy (non-hydrogen) atoms. The number of ether oxygens (including phenoxy) is 1. The molecule has 3 aromatic rings. The first kappa shape index (κ1) is 19.6. The van der Waals surface area contributed by atoms with Gasteiger partial charge in [-0.25, -0.2) is 4.98 Å². The molecule has 5 nitrogen and oxygen atoms in total. The molecule has 0 N–H and O–H groups in total. The van der Waals surface area contributed by atoms with Gasteiger partial charge in [0, 0.05) is 36.4 Å². The van der Waals surface area contributed by atoms with Crippen LogP contribution in [0.2, 0.25) is 0 Å². The molecule has 1 aliphatic heterocycles. The number of imidazole rings is 1. The van der Waals surface area contributed by atoms with Gasteiger partial charge in [0.1, 0.15) is 11.6 Å². The van der Waals surface area contributed by atoms with Crippen molar-refractivity contribution < 1.29 is 4.74 Å². The molecule has 0 spiro atoms. The van der Waals surface area contributed by atoms with Crippen LogP contribution in [0.3, 0.4) is 0 Å². The highest BCUT2D eigenvalue weighted by atomic mass is 16.5. The van der Waals surface area contributed by atoms with E-state index < -0.39 is 0 Å². The molecule has 1 aromatic carbocycles. The molecule has 0 radical (unpaired) electrons. The summed E-state index contributed by atoms with van der Waals surface area (Å²) in [6.45, 7) is 9.07. The van der Waals surface area contributed by atoms with Crippen molar-refractivity contribution in [3.05, 3.63) is 77.6 Å². The molecule has 3 heterocycles. The third-order valence-corrected chi connectivity index (χ3v) is 5.52. The Labute approximate surface area is 173 Å². The lowest BCUT2D eigenvalue weighted by Gasteiger charge is -2.26. The monoisotopic (exact) mass is 390 g/mol. The number of hydrogen-bond donors (Lipinski definition) is 0. The highest BCUT2D eigenvalue weighted by Crippen LogP contribution is 2.34. The van der Waals surface area contributed by atoms with Crippen molar-refractivity contribution >= 4 is 0 Å². The van der Waals surface area contributed by atoms with Crippen LogP contribution in [0.25, 0.3) is 0 Å². The van der Waals surface area contributed by atoms with Crippen LogP contribution >= 0.6 is 0 Å². The van der Waals surface area contributed by atoms with Crippen molar-refractivity contribution in [1.82, 2.24) is 19.4 Å². The number of hydrogen-bond acceptors (Lipinski definition) is 4. The molecule has 4 rings (SSSR count). The standard InChI is InChI=1S/C24H30N4O/c1-18(2)29-23-11-5-4-9-21(23)17-27-13-7-10-22(27)24-26-14-19(3)28(24)16-20-8-6-12-25-15-20/h4-6,8-9,11-12,14-15,18,22H,7,10,13,16-17H2,1-3H3. The van der Waals surface area contributed by atoms with Crippen molar-refractivity contribution in [1.29, 1.82) is 0 Å². The van der Waals surface area contributed by atoms with E-state index in [0.29, 0.717) is 6.04 Å². The Morgan fingerprint density at radius 1 is 1.10 bits per heavy atom. The molecule has 1 atom stereocenters. The summed E-state index contributed by atoms with van der Waals surface area (Å²) in [6, 6.07) is 12.9. The van der Waals surface area contributed by atoms with E-state index in [0.717, 1.165) is 37.6 Å². The Balaban J connectivity index is 1.57. The van der Waals surface area contributed by atoms with E-state index in [1.54, 1.807) is 0 Å². The fourth-order valence-corrected chi connectivity index (χ4v) is 4.16. The second kappa shape index (κ2) is 8.78. The average molecular weight is 391 g/mol. The summed E-state index contributed by atoms with van der Waals surface area (Å²) in [5.74, 6) is 2.15. The van der Waals surface area contributed by atoms with Gasteiger partial charge in [0.05, 0.1) is 18.7 Å². The molecule has 0 bridgehead atoms. The van der Waals surface area contributed by atoms with Crippen molar-refractivity contribution in [2.75, 3.05) is 6.54 Å².